The Labute approximate surface area is 129 Å². The average molecular weight is 307 g/mol. The van der Waals surface area contributed by atoms with Crippen molar-refractivity contribution in [2.24, 2.45) is 0 Å². The van der Waals surface area contributed by atoms with Crippen LogP contribution in [0.25, 0.3) is 0 Å². The van der Waals surface area contributed by atoms with Crippen LogP contribution in [0.4, 0.5) is 0 Å². The third-order valence-electron chi connectivity index (χ3n) is 3.20. The van der Waals surface area contributed by atoms with Crippen molar-refractivity contribution in [3.05, 3.63) is 35.9 Å². The van der Waals surface area contributed by atoms with Gasteiger partial charge in [-0.3, -0.25) is 14.4 Å². The van der Waals surface area contributed by atoms with Crippen LogP contribution in [-0.4, -0.2) is 54.5 Å². The number of hydrogen-bond acceptors (Lipinski definition) is 5. The molecule has 0 fully saturated rings. The molecule has 1 aromatic rings. The number of ketones is 1. The van der Waals surface area contributed by atoms with E-state index in [0.717, 1.165) is 0 Å². The van der Waals surface area contributed by atoms with Crippen LogP contribution in [0.15, 0.2) is 30.3 Å². The quantitative estimate of drug-likeness (QED) is 0.544. The molecule has 0 aromatic heterocycles. The van der Waals surface area contributed by atoms with Gasteiger partial charge in [0.15, 0.2) is 5.78 Å². The summed E-state index contributed by atoms with van der Waals surface area (Å²) in [7, 11) is 1.28. The monoisotopic (exact) mass is 307 g/mol. The van der Waals surface area contributed by atoms with E-state index in [1.54, 1.807) is 24.3 Å². The van der Waals surface area contributed by atoms with Gasteiger partial charge in [-0.15, -0.1) is 0 Å². The lowest BCUT2D eigenvalue weighted by molar-refractivity contribution is -0.141. The standard InChI is InChI=1S/C16H21NO5/c1-22-16(21)9-10-17(11-12-18)15(20)8-7-14(19)13-5-3-2-4-6-13/h2-6,18H,7-12H2,1H3. The summed E-state index contributed by atoms with van der Waals surface area (Å²) in [6, 6.07) is 8.76. The number of amides is 1. The van der Waals surface area contributed by atoms with Gasteiger partial charge in [0, 0.05) is 31.5 Å². The van der Waals surface area contributed by atoms with E-state index in [1.807, 2.05) is 6.07 Å². The first kappa shape index (κ1) is 17.8. The SMILES string of the molecule is COC(=O)CCN(CCO)C(=O)CCC(=O)c1ccccc1. The van der Waals surface area contributed by atoms with Crippen LogP contribution < -0.4 is 0 Å². The molecule has 0 heterocycles. The number of nitrogens with zero attached hydrogens (tertiary/aromatic N) is 1. The predicted molar refractivity (Wildman–Crippen MR) is 80.3 cm³/mol. The molecule has 0 aliphatic heterocycles. The van der Waals surface area contributed by atoms with Crippen molar-refractivity contribution in [3.8, 4) is 0 Å². The van der Waals surface area contributed by atoms with Crippen molar-refractivity contribution in [2.45, 2.75) is 19.3 Å². The molecule has 22 heavy (non-hydrogen) atoms. The van der Waals surface area contributed by atoms with Gasteiger partial charge in [-0.1, -0.05) is 30.3 Å². The maximum Gasteiger partial charge on any atom is 0.307 e. The Morgan fingerprint density at radius 2 is 1.73 bits per heavy atom. The number of carbonyl (C=O) groups excluding carboxylic acids is 3. The zero-order chi connectivity index (χ0) is 16.4. The Morgan fingerprint density at radius 1 is 1.05 bits per heavy atom. The summed E-state index contributed by atoms with van der Waals surface area (Å²) >= 11 is 0. The van der Waals surface area contributed by atoms with Crippen LogP contribution in [0.3, 0.4) is 0 Å². The molecule has 0 spiro atoms. The van der Waals surface area contributed by atoms with Crippen LogP contribution in [0.2, 0.25) is 0 Å². The van der Waals surface area contributed by atoms with Gasteiger partial charge in [0.2, 0.25) is 5.91 Å². The summed E-state index contributed by atoms with van der Waals surface area (Å²) < 4.78 is 4.52. The molecule has 1 aromatic carbocycles. The molecule has 0 saturated carbocycles. The number of benzene rings is 1. The van der Waals surface area contributed by atoms with E-state index in [-0.39, 0.29) is 50.6 Å². The molecule has 6 nitrogen and oxygen atoms in total. The molecule has 0 unspecified atom stereocenters. The van der Waals surface area contributed by atoms with Gasteiger partial charge in [-0.05, 0) is 0 Å². The number of Topliss-reactive ketones (excluding diaryl/α,β-unsaturated/α-hetero) is 1. The minimum atomic E-state index is -0.420. The topological polar surface area (TPSA) is 83.9 Å². The molecule has 1 N–H and O–H groups in total. The summed E-state index contributed by atoms with van der Waals surface area (Å²) in [6.45, 7) is 0.112. The van der Waals surface area contributed by atoms with Gasteiger partial charge in [0.1, 0.15) is 0 Å². The molecule has 0 radical (unpaired) electrons. The van der Waals surface area contributed by atoms with Crippen LogP contribution >= 0.6 is 0 Å². The molecule has 0 atom stereocenters. The van der Waals surface area contributed by atoms with Gasteiger partial charge in [-0.25, -0.2) is 0 Å². The highest BCUT2D eigenvalue weighted by atomic mass is 16.5. The molecule has 0 aliphatic rings. The number of carbonyl (C=O) groups is 3. The molecule has 0 saturated heterocycles. The summed E-state index contributed by atoms with van der Waals surface area (Å²) in [5, 5.41) is 8.99. The van der Waals surface area contributed by atoms with Crippen molar-refractivity contribution >= 4 is 17.7 Å². The molecule has 0 aliphatic carbocycles. The van der Waals surface area contributed by atoms with Crippen LogP contribution in [0.5, 0.6) is 0 Å². The molecule has 1 rings (SSSR count). The fraction of sp³-hybridized carbons (Fsp3) is 0.438. The number of aliphatic hydroxyl groups is 1. The van der Waals surface area contributed by atoms with Crippen molar-refractivity contribution in [2.75, 3.05) is 26.8 Å². The molecule has 120 valence electrons. The summed E-state index contributed by atoms with van der Waals surface area (Å²) in [5.74, 6) is -0.788. The second kappa shape index (κ2) is 9.68. The number of ether oxygens (including phenoxy) is 1. The molecular formula is C16H21NO5. The van der Waals surface area contributed by atoms with E-state index < -0.39 is 5.97 Å². The first-order valence-corrected chi connectivity index (χ1v) is 7.12. The largest absolute Gasteiger partial charge is 0.469 e. The Morgan fingerprint density at radius 3 is 2.32 bits per heavy atom. The Balaban J connectivity index is 2.49. The lowest BCUT2D eigenvalue weighted by atomic mass is 10.1. The Bertz CT molecular complexity index is 501. The van der Waals surface area contributed by atoms with Crippen molar-refractivity contribution in [3.63, 3.8) is 0 Å². The first-order valence-electron chi connectivity index (χ1n) is 7.12. The fourth-order valence-corrected chi connectivity index (χ4v) is 1.96. The fourth-order valence-electron chi connectivity index (χ4n) is 1.96. The number of hydrogen-bond donors (Lipinski definition) is 1. The zero-order valence-electron chi connectivity index (χ0n) is 12.7. The number of methoxy groups -OCH3 is 1. The molecular weight excluding hydrogens is 286 g/mol. The lowest BCUT2D eigenvalue weighted by Crippen LogP contribution is -2.35. The summed E-state index contributed by atoms with van der Waals surface area (Å²) in [4.78, 5) is 36.5. The van der Waals surface area contributed by atoms with Crippen LogP contribution in [0.1, 0.15) is 29.6 Å². The van der Waals surface area contributed by atoms with Gasteiger partial charge >= 0.3 is 5.97 Å². The third kappa shape index (κ3) is 6.05. The lowest BCUT2D eigenvalue weighted by Gasteiger charge is -2.21. The second-order valence-electron chi connectivity index (χ2n) is 4.72. The Hall–Kier alpha value is -2.21. The minimum Gasteiger partial charge on any atom is -0.469 e. The van der Waals surface area contributed by atoms with E-state index in [0.29, 0.717) is 5.56 Å². The highest BCUT2D eigenvalue weighted by Crippen LogP contribution is 2.07. The van der Waals surface area contributed by atoms with E-state index >= 15 is 0 Å². The summed E-state index contributed by atoms with van der Waals surface area (Å²) in [5.41, 5.74) is 0.568. The van der Waals surface area contributed by atoms with Gasteiger partial charge in [-0.2, -0.15) is 0 Å². The van der Waals surface area contributed by atoms with E-state index in [2.05, 4.69) is 4.74 Å². The molecule has 1 amide bonds. The van der Waals surface area contributed by atoms with Crippen molar-refractivity contribution in [1.29, 1.82) is 0 Å². The number of rotatable bonds is 9. The number of esters is 1. The van der Waals surface area contributed by atoms with Gasteiger partial charge in [0.25, 0.3) is 0 Å². The highest BCUT2D eigenvalue weighted by Gasteiger charge is 2.16. The van der Waals surface area contributed by atoms with Gasteiger partial charge < -0.3 is 14.7 Å². The van der Waals surface area contributed by atoms with Crippen molar-refractivity contribution in [1.82, 2.24) is 4.90 Å². The van der Waals surface area contributed by atoms with Crippen LogP contribution in [-0.2, 0) is 14.3 Å². The number of aliphatic hydroxyl groups excluding tert-OH is 1. The molecule has 0 bridgehead atoms. The van der Waals surface area contributed by atoms with Crippen molar-refractivity contribution < 1.29 is 24.2 Å². The first-order chi connectivity index (χ1) is 10.6. The van der Waals surface area contributed by atoms with E-state index in [4.69, 9.17) is 5.11 Å². The Kier molecular flexibility index (Phi) is 7.85. The normalized spacial score (nSPS) is 10.1. The third-order valence-corrected chi connectivity index (χ3v) is 3.20. The highest BCUT2D eigenvalue weighted by molar-refractivity contribution is 5.97. The maximum atomic E-state index is 12.1. The molecule has 6 heteroatoms. The summed E-state index contributed by atoms with van der Waals surface area (Å²) in [6.07, 6.45) is 0.215. The van der Waals surface area contributed by atoms with Crippen LogP contribution in [0, 0.1) is 0 Å². The minimum absolute atomic E-state index is 0.0505. The van der Waals surface area contributed by atoms with E-state index in [9.17, 15) is 14.4 Å². The average Bonchev–Trinajstić information content (AvgIpc) is 2.56. The smallest absolute Gasteiger partial charge is 0.307 e. The van der Waals surface area contributed by atoms with E-state index in [1.165, 1.54) is 12.0 Å². The maximum absolute atomic E-state index is 12.1. The zero-order valence-corrected chi connectivity index (χ0v) is 12.7. The van der Waals surface area contributed by atoms with Gasteiger partial charge in [0.05, 0.1) is 20.1 Å². The predicted octanol–water partition coefficient (Wildman–Crippen LogP) is 1.03. The second-order valence-corrected chi connectivity index (χ2v) is 4.72.